The standard InChI is InChI=1S/C34H43N3O6S/c1-5-30(34(39)35-27-13-9-10-14-27)36(22-21-26-11-7-6-8-12-26)33(38)24-37(28-17-20-31(42-3)32(23-28)43-4)44(40,41)29-18-15-25(2)16-19-29/h6-8,11-12,15-20,23,27,30H,5,9-10,13-14,21-22,24H2,1-4H3,(H,35,39). The molecule has 1 aliphatic rings. The maximum Gasteiger partial charge on any atom is 0.264 e. The molecular weight excluding hydrogens is 578 g/mol. The highest BCUT2D eigenvalue weighted by Gasteiger charge is 2.34. The Morgan fingerprint density at radius 1 is 0.932 bits per heavy atom. The van der Waals surface area contributed by atoms with Gasteiger partial charge in [-0.1, -0.05) is 67.8 Å². The first kappa shape index (κ1) is 32.9. The fourth-order valence-electron chi connectivity index (χ4n) is 5.61. The molecule has 1 aliphatic carbocycles. The second-order valence-electron chi connectivity index (χ2n) is 11.1. The Labute approximate surface area is 261 Å². The third-order valence-electron chi connectivity index (χ3n) is 8.11. The highest BCUT2D eigenvalue weighted by atomic mass is 32.2. The normalized spacial score (nSPS) is 14.1. The summed E-state index contributed by atoms with van der Waals surface area (Å²) < 4.78 is 40.2. The predicted molar refractivity (Wildman–Crippen MR) is 172 cm³/mol. The van der Waals surface area contributed by atoms with Crippen molar-refractivity contribution in [1.82, 2.24) is 10.2 Å². The van der Waals surface area contributed by atoms with E-state index in [1.54, 1.807) is 24.3 Å². The van der Waals surface area contributed by atoms with Crippen molar-refractivity contribution in [3.05, 3.63) is 83.9 Å². The van der Waals surface area contributed by atoms with Crippen molar-refractivity contribution in [2.24, 2.45) is 0 Å². The van der Waals surface area contributed by atoms with Crippen molar-refractivity contribution < 1.29 is 27.5 Å². The summed E-state index contributed by atoms with van der Waals surface area (Å²) in [5, 5.41) is 3.14. The Hall–Kier alpha value is -4.05. The molecule has 4 rings (SSSR count). The molecule has 1 fully saturated rings. The van der Waals surface area contributed by atoms with Crippen LogP contribution in [0.2, 0.25) is 0 Å². The lowest BCUT2D eigenvalue weighted by molar-refractivity contribution is -0.139. The molecule has 1 N–H and O–H groups in total. The van der Waals surface area contributed by atoms with Crippen LogP contribution in [0.25, 0.3) is 0 Å². The van der Waals surface area contributed by atoms with Crippen LogP contribution in [0.5, 0.6) is 11.5 Å². The molecule has 0 aliphatic heterocycles. The van der Waals surface area contributed by atoms with Crippen molar-refractivity contribution in [2.45, 2.75) is 69.4 Å². The van der Waals surface area contributed by atoms with Crippen LogP contribution in [0.4, 0.5) is 5.69 Å². The maximum absolute atomic E-state index is 14.3. The van der Waals surface area contributed by atoms with Crippen LogP contribution in [0, 0.1) is 6.92 Å². The van der Waals surface area contributed by atoms with Crippen LogP contribution in [-0.2, 0) is 26.0 Å². The van der Waals surface area contributed by atoms with Crippen molar-refractivity contribution >= 4 is 27.5 Å². The van der Waals surface area contributed by atoms with Gasteiger partial charge < -0.3 is 19.7 Å². The first-order valence-electron chi connectivity index (χ1n) is 15.1. The average molecular weight is 622 g/mol. The minimum atomic E-state index is -4.19. The molecule has 1 atom stereocenters. The number of hydrogen-bond donors (Lipinski definition) is 1. The predicted octanol–water partition coefficient (Wildman–Crippen LogP) is 5.12. The quantitative estimate of drug-likeness (QED) is 0.268. The number of anilines is 1. The SMILES string of the molecule is CCC(C(=O)NC1CCCC1)N(CCc1ccccc1)C(=O)CN(c1ccc(OC)c(OC)c1)S(=O)(=O)c1ccc(C)cc1. The molecule has 2 amide bonds. The molecule has 0 aromatic heterocycles. The van der Waals surface area contributed by atoms with Gasteiger partial charge in [0.25, 0.3) is 10.0 Å². The summed E-state index contributed by atoms with van der Waals surface area (Å²) in [5.41, 5.74) is 2.16. The molecule has 1 unspecified atom stereocenters. The van der Waals surface area contributed by atoms with Gasteiger partial charge in [0, 0.05) is 18.7 Å². The van der Waals surface area contributed by atoms with Gasteiger partial charge in [0.2, 0.25) is 11.8 Å². The lowest BCUT2D eigenvalue weighted by atomic mass is 10.1. The molecule has 3 aromatic carbocycles. The van der Waals surface area contributed by atoms with Gasteiger partial charge in [-0.2, -0.15) is 0 Å². The highest BCUT2D eigenvalue weighted by Crippen LogP contribution is 2.34. The summed E-state index contributed by atoms with van der Waals surface area (Å²) in [5.74, 6) is 0.0685. The van der Waals surface area contributed by atoms with Crippen molar-refractivity contribution in [2.75, 3.05) is 31.6 Å². The van der Waals surface area contributed by atoms with Gasteiger partial charge in [0.1, 0.15) is 12.6 Å². The number of methoxy groups -OCH3 is 2. The summed E-state index contributed by atoms with van der Waals surface area (Å²) in [4.78, 5) is 29.5. The van der Waals surface area contributed by atoms with Crippen LogP contribution in [-0.4, -0.2) is 64.5 Å². The first-order chi connectivity index (χ1) is 21.2. The summed E-state index contributed by atoms with van der Waals surface area (Å²) >= 11 is 0. The fourth-order valence-corrected chi connectivity index (χ4v) is 7.02. The minimum absolute atomic E-state index is 0.0486. The number of amides is 2. The van der Waals surface area contributed by atoms with E-state index in [1.807, 2.05) is 44.2 Å². The van der Waals surface area contributed by atoms with Crippen LogP contribution >= 0.6 is 0 Å². The lowest BCUT2D eigenvalue weighted by Gasteiger charge is -2.34. The monoisotopic (exact) mass is 621 g/mol. The third-order valence-corrected chi connectivity index (χ3v) is 9.90. The van der Waals surface area contributed by atoms with Gasteiger partial charge in [-0.3, -0.25) is 13.9 Å². The highest BCUT2D eigenvalue weighted by molar-refractivity contribution is 7.92. The molecule has 0 heterocycles. The number of nitrogens with one attached hydrogen (secondary N) is 1. The van der Waals surface area contributed by atoms with Crippen LogP contribution in [0.3, 0.4) is 0 Å². The molecular formula is C34H43N3O6S. The smallest absolute Gasteiger partial charge is 0.264 e. The van der Waals surface area contributed by atoms with Crippen molar-refractivity contribution in [1.29, 1.82) is 0 Å². The number of hydrogen-bond acceptors (Lipinski definition) is 6. The lowest BCUT2D eigenvalue weighted by Crippen LogP contribution is -2.54. The number of carbonyl (C=O) groups excluding carboxylic acids is 2. The number of carbonyl (C=O) groups is 2. The zero-order chi connectivity index (χ0) is 31.7. The Morgan fingerprint density at radius 2 is 1.59 bits per heavy atom. The molecule has 0 radical (unpaired) electrons. The number of benzene rings is 3. The van der Waals surface area contributed by atoms with E-state index in [0.29, 0.717) is 24.3 Å². The molecule has 3 aromatic rings. The van der Waals surface area contributed by atoms with E-state index in [4.69, 9.17) is 9.47 Å². The van der Waals surface area contributed by atoms with E-state index in [1.165, 1.54) is 37.3 Å². The molecule has 236 valence electrons. The van der Waals surface area contributed by atoms with Crippen LogP contribution in [0.1, 0.15) is 50.2 Å². The van der Waals surface area contributed by atoms with Gasteiger partial charge in [-0.25, -0.2) is 8.42 Å². The number of rotatable bonds is 14. The van der Waals surface area contributed by atoms with E-state index < -0.39 is 28.5 Å². The van der Waals surface area contributed by atoms with Gasteiger partial charge in [0.15, 0.2) is 11.5 Å². The third kappa shape index (κ3) is 7.91. The first-order valence-corrected chi connectivity index (χ1v) is 16.6. The zero-order valence-electron chi connectivity index (χ0n) is 26.0. The van der Waals surface area contributed by atoms with Gasteiger partial charge in [0.05, 0.1) is 24.8 Å². The number of sulfonamides is 1. The molecule has 1 saturated carbocycles. The van der Waals surface area contributed by atoms with Gasteiger partial charge in [-0.05, 0) is 62.4 Å². The number of ether oxygens (including phenoxy) is 2. The Morgan fingerprint density at radius 3 is 2.20 bits per heavy atom. The summed E-state index contributed by atoms with van der Waals surface area (Å²) in [6.07, 6.45) is 4.87. The average Bonchev–Trinajstić information content (AvgIpc) is 3.55. The minimum Gasteiger partial charge on any atom is -0.493 e. The Bertz CT molecular complexity index is 1510. The summed E-state index contributed by atoms with van der Waals surface area (Å²) in [6.45, 7) is 3.49. The van der Waals surface area contributed by atoms with Crippen LogP contribution < -0.4 is 19.1 Å². The molecule has 9 nitrogen and oxygen atoms in total. The van der Waals surface area contributed by atoms with Gasteiger partial charge in [-0.15, -0.1) is 0 Å². The molecule has 0 spiro atoms. The molecule has 0 bridgehead atoms. The molecule has 44 heavy (non-hydrogen) atoms. The van der Waals surface area contributed by atoms with Crippen molar-refractivity contribution in [3.63, 3.8) is 0 Å². The molecule has 10 heteroatoms. The largest absolute Gasteiger partial charge is 0.493 e. The fraction of sp³-hybridized carbons (Fsp3) is 0.412. The topological polar surface area (TPSA) is 105 Å². The van der Waals surface area contributed by atoms with E-state index in [-0.39, 0.29) is 29.1 Å². The molecule has 0 saturated heterocycles. The van der Waals surface area contributed by atoms with Gasteiger partial charge >= 0.3 is 0 Å². The van der Waals surface area contributed by atoms with E-state index in [9.17, 15) is 18.0 Å². The second-order valence-corrected chi connectivity index (χ2v) is 13.0. The second kappa shape index (κ2) is 15.1. The number of nitrogens with zero attached hydrogens (tertiary/aromatic N) is 2. The Kier molecular flexibility index (Phi) is 11.3. The maximum atomic E-state index is 14.3. The summed E-state index contributed by atoms with van der Waals surface area (Å²) in [6, 6.07) is 20.3. The van der Waals surface area contributed by atoms with E-state index in [0.717, 1.165) is 41.1 Å². The van der Waals surface area contributed by atoms with E-state index >= 15 is 0 Å². The van der Waals surface area contributed by atoms with Crippen molar-refractivity contribution in [3.8, 4) is 11.5 Å². The Balaban J connectivity index is 1.72. The van der Waals surface area contributed by atoms with Crippen LogP contribution in [0.15, 0.2) is 77.7 Å². The number of aryl methyl sites for hydroxylation is 1. The summed E-state index contributed by atoms with van der Waals surface area (Å²) in [7, 11) is -1.24. The van der Waals surface area contributed by atoms with E-state index in [2.05, 4.69) is 5.32 Å². The zero-order valence-corrected chi connectivity index (χ0v) is 26.8.